The molecule has 0 radical (unpaired) electrons. The Kier molecular flexibility index (Phi) is 5.29. The third kappa shape index (κ3) is 3.79. The first kappa shape index (κ1) is 18.1. The van der Waals surface area contributed by atoms with Crippen LogP contribution in [0.5, 0.6) is 0 Å². The highest BCUT2D eigenvalue weighted by Crippen LogP contribution is 2.19. The number of morpholine rings is 1. The minimum atomic E-state index is 0.0919. The quantitative estimate of drug-likeness (QED) is 0.774. The Morgan fingerprint density at radius 2 is 1.92 bits per heavy atom. The SMILES string of the molecule is CSc1nc2nc(C)c(CCC(=O)N3C[C@H](C)O[C@@H](C)C3)c(C)n2n1. The molecule has 7 nitrogen and oxygen atoms in total. The Bertz CT molecular complexity index is 781. The molecule has 1 aliphatic heterocycles. The van der Waals surface area contributed by atoms with Gasteiger partial charge in [0.15, 0.2) is 0 Å². The van der Waals surface area contributed by atoms with Crippen molar-refractivity contribution in [2.45, 2.75) is 57.9 Å². The number of carbonyl (C=O) groups is 1. The van der Waals surface area contributed by atoms with Crippen molar-refractivity contribution < 1.29 is 9.53 Å². The van der Waals surface area contributed by atoms with E-state index in [0.29, 0.717) is 36.9 Å². The first-order valence-corrected chi connectivity index (χ1v) is 9.81. The van der Waals surface area contributed by atoms with Crippen LogP contribution in [0.2, 0.25) is 0 Å². The van der Waals surface area contributed by atoms with Crippen LogP contribution in [0.15, 0.2) is 5.16 Å². The van der Waals surface area contributed by atoms with Crippen LogP contribution in [0.1, 0.15) is 37.2 Å². The topological polar surface area (TPSA) is 72.6 Å². The number of thioether (sulfide) groups is 1. The van der Waals surface area contributed by atoms with Crippen molar-refractivity contribution in [2.24, 2.45) is 0 Å². The highest BCUT2D eigenvalue weighted by Gasteiger charge is 2.26. The highest BCUT2D eigenvalue weighted by atomic mass is 32.2. The van der Waals surface area contributed by atoms with E-state index in [2.05, 4.69) is 15.1 Å². The fourth-order valence-corrected chi connectivity index (χ4v) is 3.75. The Morgan fingerprint density at radius 3 is 2.56 bits per heavy atom. The van der Waals surface area contributed by atoms with E-state index in [9.17, 15) is 4.79 Å². The first-order chi connectivity index (χ1) is 11.9. The van der Waals surface area contributed by atoms with Gasteiger partial charge in [-0.15, -0.1) is 5.10 Å². The molecule has 136 valence electrons. The van der Waals surface area contributed by atoms with E-state index in [-0.39, 0.29) is 18.1 Å². The molecule has 25 heavy (non-hydrogen) atoms. The number of nitrogens with zero attached hydrogens (tertiary/aromatic N) is 5. The van der Waals surface area contributed by atoms with Crippen LogP contribution in [-0.4, -0.2) is 61.9 Å². The zero-order chi connectivity index (χ0) is 18.1. The fraction of sp³-hybridized carbons (Fsp3) is 0.647. The van der Waals surface area contributed by atoms with Crippen molar-refractivity contribution in [3.05, 3.63) is 17.0 Å². The third-order valence-corrected chi connectivity index (χ3v) is 5.11. The van der Waals surface area contributed by atoms with Gasteiger partial charge in [0.05, 0.1) is 12.2 Å². The Morgan fingerprint density at radius 1 is 1.24 bits per heavy atom. The van der Waals surface area contributed by atoms with Crippen molar-refractivity contribution in [1.29, 1.82) is 0 Å². The van der Waals surface area contributed by atoms with Crippen molar-refractivity contribution >= 4 is 23.4 Å². The van der Waals surface area contributed by atoms with Gasteiger partial charge in [0.25, 0.3) is 5.78 Å². The molecule has 0 unspecified atom stereocenters. The number of fused-ring (bicyclic) bond motifs is 1. The molecular formula is C17H25N5O2S. The summed E-state index contributed by atoms with van der Waals surface area (Å²) in [4.78, 5) is 23.5. The van der Waals surface area contributed by atoms with Gasteiger partial charge in [-0.2, -0.15) is 4.98 Å². The second-order valence-electron chi connectivity index (χ2n) is 6.63. The van der Waals surface area contributed by atoms with Crippen molar-refractivity contribution in [3.63, 3.8) is 0 Å². The number of ether oxygens (including phenoxy) is 1. The average molecular weight is 363 g/mol. The maximum absolute atomic E-state index is 12.6. The smallest absolute Gasteiger partial charge is 0.253 e. The molecule has 0 aliphatic carbocycles. The van der Waals surface area contributed by atoms with Gasteiger partial charge in [0, 0.05) is 30.9 Å². The summed E-state index contributed by atoms with van der Waals surface area (Å²) in [5.41, 5.74) is 3.00. The van der Waals surface area contributed by atoms with Gasteiger partial charge in [0.1, 0.15) is 0 Å². The van der Waals surface area contributed by atoms with Crippen LogP contribution >= 0.6 is 11.8 Å². The number of carbonyl (C=O) groups excluding carboxylic acids is 1. The number of hydrogen-bond acceptors (Lipinski definition) is 6. The largest absolute Gasteiger partial charge is 0.372 e. The summed E-state index contributed by atoms with van der Waals surface area (Å²) in [6.45, 7) is 9.34. The molecule has 8 heteroatoms. The maximum atomic E-state index is 12.6. The molecule has 0 aromatic carbocycles. The molecule has 3 heterocycles. The zero-order valence-electron chi connectivity index (χ0n) is 15.4. The maximum Gasteiger partial charge on any atom is 0.253 e. The third-order valence-electron chi connectivity index (χ3n) is 4.57. The molecule has 1 fully saturated rings. The summed E-state index contributed by atoms with van der Waals surface area (Å²) in [5, 5.41) is 5.17. The molecule has 0 spiro atoms. The molecular weight excluding hydrogens is 338 g/mol. The van der Waals surface area contributed by atoms with Gasteiger partial charge in [-0.1, -0.05) is 11.8 Å². The van der Waals surface area contributed by atoms with Gasteiger partial charge >= 0.3 is 0 Å². The molecule has 3 rings (SSSR count). The van der Waals surface area contributed by atoms with Crippen LogP contribution in [-0.2, 0) is 16.0 Å². The lowest BCUT2D eigenvalue weighted by molar-refractivity contribution is -0.143. The standard InChI is InChI=1S/C17H25N5O2S/c1-10-8-21(9-11(2)24-10)15(23)7-6-14-12(3)18-16-19-17(25-5)20-22(16)13(14)4/h10-11H,6-9H2,1-5H3/t10-,11-/m0/s1. The lowest BCUT2D eigenvalue weighted by Crippen LogP contribution is -2.48. The molecule has 0 bridgehead atoms. The summed E-state index contributed by atoms with van der Waals surface area (Å²) >= 11 is 1.50. The Hall–Kier alpha value is -1.67. The first-order valence-electron chi connectivity index (χ1n) is 8.59. The molecule has 0 N–H and O–H groups in total. The predicted octanol–water partition coefficient (Wildman–Crippen LogP) is 2.03. The van der Waals surface area contributed by atoms with Crippen molar-refractivity contribution in [2.75, 3.05) is 19.3 Å². The molecule has 2 atom stereocenters. The fourth-order valence-electron chi connectivity index (χ4n) is 3.41. The molecule has 1 aliphatic rings. The zero-order valence-corrected chi connectivity index (χ0v) is 16.3. The summed E-state index contributed by atoms with van der Waals surface area (Å²) in [6.07, 6.45) is 3.26. The van der Waals surface area contributed by atoms with Crippen LogP contribution < -0.4 is 0 Å². The van der Waals surface area contributed by atoms with E-state index in [1.54, 1.807) is 4.52 Å². The van der Waals surface area contributed by atoms with E-state index in [1.165, 1.54) is 11.8 Å². The van der Waals surface area contributed by atoms with Crippen molar-refractivity contribution in [1.82, 2.24) is 24.5 Å². The second-order valence-corrected chi connectivity index (χ2v) is 7.40. The summed E-state index contributed by atoms with van der Waals surface area (Å²) in [7, 11) is 0. The number of rotatable bonds is 4. The molecule has 2 aromatic rings. The summed E-state index contributed by atoms with van der Waals surface area (Å²) in [5.74, 6) is 0.787. The number of hydrogen-bond donors (Lipinski definition) is 0. The minimum absolute atomic E-state index is 0.0919. The monoisotopic (exact) mass is 363 g/mol. The van der Waals surface area contributed by atoms with Crippen LogP contribution in [0.3, 0.4) is 0 Å². The average Bonchev–Trinajstić information content (AvgIpc) is 2.96. The lowest BCUT2D eigenvalue weighted by atomic mass is 10.1. The van der Waals surface area contributed by atoms with Crippen molar-refractivity contribution in [3.8, 4) is 0 Å². The predicted molar refractivity (Wildman–Crippen MR) is 96.9 cm³/mol. The minimum Gasteiger partial charge on any atom is -0.372 e. The Labute approximate surface area is 152 Å². The second kappa shape index (κ2) is 7.29. The molecule has 1 saturated heterocycles. The summed E-state index contributed by atoms with van der Waals surface area (Å²) < 4.78 is 7.48. The highest BCUT2D eigenvalue weighted by molar-refractivity contribution is 7.98. The summed E-state index contributed by atoms with van der Waals surface area (Å²) in [6, 6.07) is 0. The molecule has 1 amide bonds. The van der Waals surface area contributed by atoms with Crippen LogP contribution in [0, 0.1) is 13.8 Å². The van der Waals surface area contributed by atoms with Gasteiger partial charge in [-0.05, 0) is 45.9 Å². The molecule has 2 aromatic heterocycles. The van der Waals surface area contributed by atoms with E-state index in [0.717, 1.165) is 17.0 Å². The number of aryl methyl sites for hydroxylation is 2. The van der Waals surface area contributed by atoms with Crippen LogP contribution in [0.4, 0.5) is 0 Å². The van der Waals surface area contributed by atoms with E-state index >= 15 is 0 Å². The number of amides is 1. The van der Waals surface area contributed by atoms with Gasteiger partial charge in [-0.25, -0.2) is 9.50 Å². The van der Waals surface area contributed by atoms with Gasteiger partial charge in [0.2, 0.25) is 11.1 Å². The lowest BCUT2D eigenvalue weighted by Gasteiger charge is -2.35. The Balaban J connectivity index is 1.75. The number of aromatic nitrogens is 4. The molecule has 0 saturated carbocycles. The van der Waals surface area contributed by atoms with E-state index in [4.69, 9.17) is 4.74 Å². The van der Waals surface area contributed by atoms with Gasteiger partial charge < -0.3 is 9.64 Å². The van der Waals surface area contributed by atoms with Gasteiger partial charge in [-0.3, -0.25) is 4.79 Å². The van der Waals surface area contributed by atoms with Crippen LogP contribution in [0.25, 0.3) is 5.78 Å². The normalized spacial score (nSPS) is 21.1. The van der Waals surface area contributed by atoms with E-state index < -0.39 is 0 Å². The van der Waals surface area contributed by atoms with E-state index in [1.807, 2.05) is 38.9 Å².